The zero-order chi connectivity index (χ0) is 19.1. The van der Waals surface area contributed by atoms with E-state index in [0.29, 0.717) is 12.3 Å². The number of ether oxygens (including phenoxy) is 1. The van der Waals surface area contributed by atoms with E-state index < -0.39 is 0 Å². The Morgan fingerprint density at radius 2 is 2.00 bits per heavy atom. The highest BCUT2D eigenvalue weighted by atomic mass is 16.5. The molecule has 0 radical (unpaired) electrons. The van der Waals surface area contributed by atoms with Gasteiger partial charge in [0.05, 0.1) is 24.4 Å². The molecule has 2 aromatic heterocycles. The van der Waals surface area contributed by atoms with E-state index in [1.54, 1.807) is 12.1 Å². The van der Waals surface area contributed by atoms with Gasteiger partial charge in [-0.25, -0.2) is 4.98 Å². The van der Waals surface area contributed by atoms with Gasteiger partial charge in [-0.05, 0) is 37.1 Å². The summed E-state index contributed by atoms with van der Waals surface area (Å²) in [6.07, 6.45) is 4.97. The smallest absolute Gasteiger partial charge is 0.325 e. The zero-order valence-corrected chi connectivity index (χ0v) is 15.3. The molecule has 3 rings (SSSR count). The lowest BCUT2D eigenvalue weighted by molar-refractivity contribution is -0.141. The summed E-state index contributed by atoms with van der Waals surface area (Å²) in [5, 5.41) is 2.84. The van der Waals surface area contributed by atoms with Crippen LogP contribution in [0.3, 0.4) is 0 Å². The fourth-order valence-electron chi connectivity index (χ4n) is 2.97. The number of fused-ring (bicyclic) bond motifs is 1. The van der Waals surface area contributed by atoms with Crippen LogP contribution in [0, 0.1) is 0 Å². The fraction of sp³-hybridized carbons (Fsp3) is 0.350. The Labute approximate surface area is 157 Å². The third kappa shape index (κ3) is 4.75. The van der Waals surface area contributed by atoms with Crippen molar-refractivity contribution in [1.82, 2.24) is 14.9 Å². The van der Waals surface area contributed by atoms with Crippen LogP contribution in [0.1, 0.15) is 35.6 Å². The van der Waals surface area contributed by atoms with Crippen molar-refractivity contribution in [2.75, 3.05) is 13.7 Å². The van der Waals surface area contributed by atoms with Crippen LogP contribution in [0.25, 0.3) is 11.0 Å². The number of esters is 1. The monoisotopic (exact) mass is 369 g/mol. The van der Waals surface area contributed by atoms with Gasteiger partial charge in [-0.3, -0.25) is 9.59 Å². The van der Waals surface area contributed by atoms with Gasteiger partial charge < -0.3 is 19.0 Å². The van der Waals surface area contributed by atoms with E-state index in [2.05, 4.69) is 10.3 Å². The number of imidazole rings is 1. The minimum atomic E-state index is -0.292. The molecular formula is C20H23N3O4. The molecule has 7 nitrogen and oxygen atoms in total. The third-order valence-electron chi connectivity index (χ3n) is 4.36. The summed E-state index contributed by atoms with van der Waals surface area (Å²) in [5.41, 5.74) is 1.81. The van der Waals surface area contributed by atoms with Gasteiger partial charge in [0.1, 0.15) is 12.4 Å². The average Bonchev–Trinajstić information content (AvgIpc) is 3.33. The number of hydrogen-bond donors (Lipinski definition) is 1. The largest absolute Gasteiger partial charge is 0.468 e. The predicted molar refractivity (Wildman–Crippen MR) is 100 cm³/mol. The number of amides is 1. The first kappa shape index (κ1) is 18.7. The molecule has 27 heavy (non-hydrogen) atoms. The van der Waals surface area contributed by atoms with Gasteiger partial charge in [0.2, 0.25) is 0 Å². The molecule has 3 aromatic rings. The second kappa shape index (κ2) is 9.02. The second-order valence-corrected chi connectivity index (χ2v) is 6.22. The standard InChI is InChI=1S/C20H23N3O4/c1-26-19(24)14-23-16-9-5-4-8-15(16)22-18(23)11-3-2-6-12-21-20(25)17-10-7-13-27-17/h4-5,7-10,13H,2-3,6,11-12,14H2,1H3,(H,21,25). The Balaban J connectivity index is 1.50. The number of benzene rings is 1. The van der Waals surface area contributed by atoms with Crippen molar-refractivity contribution in [2.24, 2.45) is 0 Å². The zero-order valence-electron chi connectivity index (χ0n) is 15.3. The quantitative estimate of drug-likeness (QED) is 0.463. The summed E-state index contributed by atoms with van der Waals surface area (Å²) in [5.74, 6) is 0.715. The van der Waals surface area contributed by atoms with Gasteiger partial charge in [-0.2, -0.15) is 0 Å². The Kier molecular flexibility index (Phi) is 6.25. The van der Waals surface area contributed by atoms with E-state index in [0.717, 1.165) is 42.5 Å². The van der Waals surface area contributed by atoms with Gasteiger partial charge in [0.25, 0.3) is 5.91 Å². The molecule has 0 saturated carbocycles. The van der Waals surface area contributed by atoms with E-state index in [1.807, 2.05) is 28.8 Å². The van der Waals surface area contributed by atoms with E-state index in [-0.39, 0.29) is 18.4 Å². The number of rotatable bonds is 9. The van der Waals surface area contributed by atoms with Crippen LogP contribution in [0.5, 0.6) is 0 Å². The maximum Gasteiger partial charge on any atom is 0.325 e. The number of furan rings is 1. The molecule has 0 fully saturated rings. The highest BCUT2D eigenvalue weighted by molar-refractivity contribution is 5.91. The topological polar surface area (TPSA) is 86.4 Å². The fourth-order valence-corrected chi connectivity index (χ4v) is 2.97. The molecular weight excluding hydrogens is 346 g/mol. The summed E-state index contributed by atoms with van der Waals surface area (Å²) in [6.45, 7) is 0.754. The van der Waals surface area contributed by atoms with Gasteiger partial charge in [-0.15, -0.1) is 0 Å². The van der Waals surface area contributed by atoms with Crippen molar-refractivity contribution in [1.29, 1.82) is 0 Å². The van der Waals surface area contributed by atoms with Gasteiger partial charge in [0.15, 0.2) is 5.76 Å². The van der Waals surface area contributed by atoms with Crippen LogP contribution >= 0.6 is 0 Å². The lowest BCUT2D eigenvalue weighted by Crippen LogP contribution is -2.23. The number of nitrogens with zero attached hydrogens (tertiary/aromatic N) is 2. The number of para-hydroxylation sites is 2. The molecule has 0 bridgehead atoms. The molecule has 0 aliphatic rings. The summed E-state index contributed by atoms with van der Waals surface area (Å²) in [6, 6.07) is 11.1. The number of carbonyl (C=O) groups is 2. The molecule has 0 saturated heterocycles. The molecule has 1 amide bonds. The minimum absolute atomic E-state index is 0.158. The second-order valence-electron chi connectivity index (χ2n) is 6.22. The normalized spacial score (nSPS) is 10.9. The van der Waals surface area contributed by atoms with Crippen molar-refractivity contribution in [2.45, 2.75) is 32.2 Å². The molecule has 0 atom stereocenters. The van der Waals surface area contributed by atoms with Crippen LogP contribution in [0.15, 0.2) is 47.1 Å². The molecule has 1 N–H and O–H groups in total. The van der Waals surface area contributed by atoms with Crippen LogP contribution in [-0.2, 0) is 22.5 Å². The first-order valence-electron chi connectivity index (χ1n) is 9.01. The predicted octanol–water partition coefficient (Wildman–Crippen LogP) is 2.95. The molecule has 0 spiro atoms. The van der Waals surface area contributed by atoms with Gasteiger partial charge >= 0.3 is 5.97 Å². The van der Waals surface area contributed by atoms with Crippen molar-refractivity contribution >= 4 is 22.9 Å². The number of carbonyl (C=O) groups excluding carboxylic acids is 2. The highest BCUT2D eigenvalue weighted by Crippen LogP contribution is 2.18. The Hall–Kier alpha value is -3.09. The molecule has 0 aliphatic heterocycles. The van der Waals surface area contributed by atoms with Crippen LogP contribution < -0.4 is 5.32 Å². The van der Waals surface area contributed by atoms with Crippen LogP contribution in [0.2, 0.25) is 0 Å². The van der Waals surface area contributed by atoms with Gasteiger partial charge in [0, 0.05) is 13.0 Å². The Bertz CT molecular complexity index is 899. The number of aromatic nitrogens is 2. The first-order chi connectivity index (χ1) is 13.2. The van der Waals surface area contributed by atoms with E-state index in [9.17, 15) is 9.59 Å². The minimum Gasteiger partial charge on any atom is -0.468 e. The molecule has 0 aliphatic carbocycles. The number of methoxy groups -OCH3 is 1. The maximum atomic E-state index is 11.8. The van der Waals surface area contributed by atoms with Gasteiger partial charge in [-0.1, -0.05) is 18.6 Å². The van der Waals surface area contributed by atoms with Crippen molar-refractivity contribution in [3.63, 3.8) is 0 Å². The van der Waals surface area contributed by atoms with Crippen LogP contribution in [0.4, 0.5) is 0 Å². The number of nitrogens with one attached hydrogen (secondary N) is 1. The molecule has 142 valence electrons. The van der Waals surface area contributed by atoms with E-state index >= 15 is 0 Å². The van der Waals surface area contributed by atoms with E-state index in [4.69, 9.17) is 9.15 Å². The average molecular weight is 369 g/mol. The summed E-state index contributed by atoms with van der Waals surface area (Å²) < 4.78 is 11.8. The Morgan fingerprint density at radius 1 is 1.15 bits per heavy atom. The molecule has 7 heteroatoms. The summed E-state index contributed by atoms with van der Waals surface area (Å²) in [4.78, 5) is 28.2. The lowest BCUT2D eigenvalue weighted by Gasteiger charge is -2.08. The first-order valence-corrected chi connectivity index (χ1v) is 9.01. The van der Waals surface area contributed by atoms with Crippen molar-refractivity contribution in [3.05, 3.63) is 54.2 Å². The SMILES string of the molecule is COC(=O)Cn1c(CCCCCNC(=O)c2ccco2)nc2ccccc21. The Morgan fingerprint density at radius 3 is 2.78 bits per heavy atom. The van der Waals surface area contributed by atoms with Crippen LogP contribution in [-0.4, -0.2) is 35.1 Å². The maximum absolute atomic E-state index is 11.8. The lowest BCUT2D eigenvalue weighted by atomic mass is 10.2. The molecule has 0 unspecified atom stereocenters. The molecule has 1 aromatic carbocycles. The number of unbranched alkanes of at least 4 members (excludes halogenated alkanes) is 2. The summed E-state index contributed by atoms with van der Waals surface area (Å²) in [7, 11) is 1.39. The molecule has 2 heterocycles. The van der Waals surface area contributed by atoms with Crippen molar-refractivity contribution in [3.8, 4) is 0 Å². The highest BCUT2D eigenvalue weighted by Gasteiger charge is 2.13. The summed E-state index contributed by atoms with van der Waals surface area (Å²) >= 11 is 0. The third-order valence-corrected chi connectivity index (χ3v) is 4.36. The van der Waals surface area contributed by atoms with E-state index in [1.165, 1.54) is 13.4 Å². The number of aryl methyl sites for hydroxylation is 1. The number of hydrogen-bond acceptors (Lipinski definition) is 5. The van der Waals surface area contributed by atoms with Crippen molar-refractivity contribution < 1.29 is 18.7 Å².